The van der Waals surface area contributed by atoms with Crippen LogP contribution in [0.15, 0.2) is 48.5 Å². The molecule has 162 valence electrons. The molecule has 2 atom stereocenters. The van der Waals surface area contributed by atoms with E-state index in [4.69, 9.17) is 10.00 Å². The maximum Gasteiger partial charge on any atom is 0.321 e. The van der Waals surface area contributed by atoms with Gasteiger partial charge in [-0.05, 0) is 73.3 Å². The summed E-state index contributed by atoms with van der Waals surface area (Å²) in [5.41, 5.74) is 2.52. The summed E-state index contributed by atoms with van der Waals surface area (Å²) in [6.07, 6.45) is 1.07. The Bertz CT molecular complexity index is 908. The van der Waals surface area contributed by atoms with Gasteiger partial charge in [0.05, 0.1) is 18.7 Å². The van der Waals surface area contributed by atoms with Crippen LogP contribution < -0.4 is 15.4 Å². The van der Waals surface area contributed by atoms with Gasteiger partial charge in [-0.25, -0.2) is 4.79 Å². The van der Waals surface area contributed by atoms with Gasteiger partial charge in [-0.1, -0.05) is 0 Å². The fourth-order valence-electron chi connectivity index (χ4n) is 4.51. The highest BCUT2D eigenvalue weighted by Gasteiger charge is 2.41. The summed E-state index contributed by atoms with van der Waals surface area (Å²) in [5, 5.41) is 15.3. The molecule has 7 heteroatoms. The summed E-state index contributed by atoms with van der Waals surface area (Å²) < 4.78 is 5.16. The van der Waals surface area contributed by atoms with Crippen molar-refractivity contribution in [2.45, 2.75) is 6.42 Å². The van der Waals surface area contributed by atoms with Crippen molar-refractivity contribution in [3.05, 3.63) is 54.1 Å². The van der Waals surface area contributed by atoms with Crippen LogP contribution in [0.1, 0.15) is 12.0 Å². The molecule has 2 saturated heterocycles. The average molecular weight is 420 g/mol. The third-order valence-electron chi connectivity index (χ3n) is 6.18. The highest BCUT2D eigenvalue weighted by Crippen LogP contribution is 2.31. The number of hydrogen-bond donors (Lipinski definition) is 2. The molecule has 0 aliphatic carbocycles. The van der Waals surface area contributed by atoms with Crippen LogP contribution in [0.4, 0.5) is 16.2 Å². The molecule has 2 heterocycles. The Labute approximate surface area is 183 Å². The monoisotopic (exact) mass is 419 g/mol. The van der Waals surface area contributed by atoms with Gasteiger partial charge in [0.15, 0.2) is 0 Å². The minimum Gasteiger partial charge on any atom is -0.497 e. The molecule has 0 radical (unpaired) electrons. The molecule has 2 amide bonds. The summed E-state index contributed by atoms with van der Waals surface area (Å²) >= 11 is 0. The zero-order chi connectivity index (χ0) is 21.6. The zero-order valence-electron chi connectivity index (χ0n) is 17.9. The minimum absolute atomic E-state index is 0.0160. The molecule has 2 N–H and O–H groups in total. The number of nitrogens with one attached hydrogen (secondary N) is 2. The topological polar surface area (TPSA) is 80.6 Å². The highest BCUT2D eigenvalue weighted by molar-refractivity contribution is 5.89. The molecule has 2 unspecified atom stereocenters. The normalized spacial score (nSPS) is 20.2. The molecule has 2 aromatic carbocycles. The van der Waals surface area contributed by atoms with Crippen LogP contribution in [0.2, 0.25) is 0 Å². The average Bonchev–Trinajstić information content (AvgIpc) is 3.37. The van der Waals surface area contributed by atoms with Crippen LogP contribution in [-0.2, 0) is 0 Å². The van der Waals surface area contributed by atoms with Crippen molar-refractivity contribution in [1.82, 2.24) is 9.80 Å². The van der Waals surface area contributed by atoms with E-state index in [1.807, 2.05) is 53.4 Å². The van der Waals surface area contributed by atoms with Crippen LogP contribution >= 0.6 is 0 Å². The predicted molar refractivity (Wildman–Crippen MR) is 121 cm³/mol. The molecule has 2 aliphatic rings. The number of nitriles is 1. The summed E-state index contributed by atoms with van der Waals surface area (Å²) in [5.74, 6) is 1.90. The molecule has 2 aromatic rings. The highest BCUT2D eigenvalue weighted by atomic mass is 16.5. The number of carbonyl (C=O) groups is 1. The Balaban J connectivity index is 1.16. The van der Waals surface area contributed by atoms with Crippen molar-refractivity contribution >= 4 is 17.4 Å². The van der Waals surface area contributed by atoms with Gasteiger partial charge in [0.2, 0.25) is 0 Å². The lowest BCUT2D eigenvalue weighted by Gasteiger charge is -2.22. The maximum absolute atomic E-state index is 12.6. The van der Waals surface area contributed by atoms with E-state index < -0.39 is 0 Å². The number of anilines is 2. The first-order valence-corrected chi connectivity index (χ1v) is 10.8. The number of rotatable bonds is 7. The predicted octanol–water partition coefficient (Wildman–Crippen LogP) is 3.46. The first-order chi connectivity index (χ1) is 15.1. The summed E-state index contributed by atoms with van der Waals surface area (Å²) in [7, 11) is 1.63. The van der Waals surface area contributed by atoms with E-state index in [-0.39, 0.29) is 6.03 Å². The lowest BCUT2D eigenvalue weighted by molar-refractivity contribution is 0.212. The van der Waals surface area contributed by atoms with Crippen LogP contribution in [-0.4, -0.2) is 62.2 Å². The minimum atomic E-state index is -0.0160. The van der Waals surface area contributed by atoms with Gasteiger partial charge in [0, 0.05) is 44.1 Å². The molecule has 0 saturated carbocycles. The molecule has 31 heavy (non-hydrogen) atoms. The fourth-order valence-corrected chi connectivity index (χ4v) is 4.51. The molecule has 7 nitrogen and oxygen atoms in total. The first-order valence-electron chi connectivity index (χ1n) is 10.8. The quantitative estimate of drug-likeness (QED) is 0.672. The van der Waals surface area contributed by atoms with Gasteiger partial charge in [-0.15, -0.1) is 0 Å². The molecule has 0 spiro atoms. The maximum atomic E-state index is 12.6. The Morgan fingerprint density at radius 2 is 1.68 bits per heavy atom. The van der Waals surface area contributed by atoms with E-state index in [9.17, 15) is 4.79 Å². The third-order valence-corrected chi connectivity index (χ3v) is 6.18. The zero-order valence-corrected chi connectivity index (χ0v) is 17.9. The van der Waals surface area contributed by atoms with Gasteiger partial charge in [0.25, 0.3) is 0 Å². The van der Waals surface area contributed by atoms with Gasteiger partial charge >= 0.3 is 6.03 Å². The first kappa shape index (κ1) is 21.0. The number of methoxy groups -OCH3 is 1. The number of likely N-dealkylation sites (tertiary alicyclic amines) is 2. The number of hydrogen-bond acceptors (Lipinski definition) is 5. The molecule has 4 rings (SSSR count). The van der Waals surface area contributed by atoms with Crippen molar-refractivity contribution in [2.24, 2.45) is 11.8 Å². The van der Waals surface area contributed by atoms with E-state index in [1.54, 1.807) is 7.11 Å². The van der Waals surface area contributed by atoms with Crippen molar-refractivity contribution in [2.75, 3.05) is 57.0 Å². The second kappa shape index (κ2) is 9.71. The van der Waals surface area contributed by atoms with E-state index >= 15 is 0 Å². The van der Waals surface area contributed by atoms with Crippen molar-refractivity contribution in [1.29, 1.82) is 5.26 Å². The Morgan fingerprint density at radius 1 is 1.03 bits per heavy atom. The van der Waals surface area contributed by atoms with Crippen molar-refractivity contribution < 1.29 is 9.53 Å². The van der Waals surface area contributed by atoms with Crippen molar-refractivity contribution in [3.63, 3.8) is 0 Å². The smallest absolute Gasteiger partial charge is 0.321 e. The molecule has 0 aromatic heterocycles. The molecular weight excluding hydrogens is 390 g/mol. The summed E-state index contributed by atoms with van der Waals surface area (Å²) in [6.45, 7) is 5.75. The number of fused-ring (bicyclic) bond motifs is 1. The van der Waals surface area contributed by atoms with Crippen molar-refractivity contribution in [3.8, 4) is 11.8 Å². The Kier molecular flexibility index (Phi) is 6.58. The Morgan fingerprint density at radius 3 is 2.29 bits per heavy atom. The number of ether oxygens (including phenoxy) is 1. The lowest BCUT2D eigenvalue weighted by atomic mass is 10.0. The van der Waals surface area contributed by atoms with Crippen LogP contribution in [0.3, 0.4) is 0 Å². The van der Waals surface area contributed by atoms with Crippen LogP contribution in [0, 0.1) is 23.2 Å². The summed E-state index contributed by atoms with van der Waals surface area (Å²) in [6, 6.07) is 17.1. The summed E-state index contributed by atoms with van der Waals surface area (Å²) in [4.78, 5) is 17.1. The second-order valence-corrected chi connectivity index (χ2v) is 8.31. The van der Waals surface area contributed by atoms with Gasteiger partial charge in [0.1, 0.15) is 5.75 Å². The van der Waals surface area contributed by atoms with Gasteiger partial charge in [-0.2, -0.15) is 5.26 Å². The number of urea groups is 1. The standard InChI is InChI=1S/C24H29N5O2/c1-31-23-9-7-22(8-10-23)27-24(30)29-16-19-14-28(15-20(19)17-29)12-2-11-26-21-5-3-18(13-25)4-6-21/h3-10,19-20,26H,2,11-12,14-17H2,1H3,(H,27,30). The molecule has 2 fully saturated rings. The molecule has 2 aliphatic heterocycles. The molecule has 0 bridgehead atoms. The van der Waals surface area contributed by atoms with Gasteiger partial charge in [-0.3, -0.25) is 0 Å². The fraction of sp³-hybridized carbons (Fsp3) is 0.417. The number of amides is 2. The molecular formula is C24H29N5O2. The van der Waals surface area contributed by atoms with E-state index in [0.717, 1.165) is 62.8 Å². The SMILES string of the molecule is COc1ccc(NC(=O)N2CC3CN(CCCNc4ccc(C#N)cc4)CC3C2)cc1. The van der Waals surface area contributed by atoms with Crippen LogP contribution in [0.25, 0.3) is 0 Å². The van der Waals surface area contributed by atoms with Crippen LogP contribution in [0.5, 0.6) is 5.75 Å². The second-order valence-electron chi connectivity index (χ2n) is 8.31. The van der Waals surface area contributed by atoms with E-state index in [2.05, 4.69) is 21.6 Å². The van der Waals surface area contributed by atoms with E-state index in [0.29, 0.717) is 17.4 Å². The lowest BCUT2D eigenvalue weighted by Crippen LogP contribution is -2.36. The number of carbonyl (C=O) groups excluding carboxylic acids is 1. The largest absolute Gasteiger partial charge is 0.497 e. The van der Waals surface area contributed by atoms with E-state index in [1.165, 1.54) is 0 Å². The Hall–Kier alpha value is -3.24. The third kappa shape index (κ3) is 5.28. The number of benzene rings is 2. The number of nitrogens with zero attached hydrogens (tertiary/aromatic N) is 3. The van der Waals surface area contributed by atoms with Gasteiger partial charge < -0.3 is 25.2 Å².